The predicted octanol–water partition coefficient (Wildman–Crippen LogP) is 10.6. The summed E-state index contributed by atoms with van der Waals surface area (Å²) in [6.07, 6.45) is -0.434. The molecule has 0 spiro atoms. The highest BCUT2D eigenvalue weighted by Gasteiger charge is 2.41. The second-order valence-electron chi connectivity index (χ2n) is 12.6. The summed E-state index contributed by atoms with van der Waals surface area (Å²) < 4.78 is 21.4. The molecule has 0 fully saturated rings. The Morgan fingerprint density at radius 3 is 0.804 bits per heavy atom. The fraction of sp³-hybridized carbons (Fsp3) is 0.125. The van der Waals surface area contributed by atoms with Gasteiger partial charge in [-0.05, 0) is 38.9 Å². The van der Waals surface area contributed by atoms with Gasteiger partial charge in [-0.25, -0.2) is 0 Å². The third kappa shape index (κ3) is 7.47. The number of rotatable bonds is 15. The second-order valence-corrected chi connectivity index (χ2v) is 12.6. The van der Waals surface area contributed by atoms with E-state index in [0.717, 1.165) is 38.9 Å². The number of ether oxygens (including phenoxy) is 3. The molecule has 0 saturated heterocycles. The molecule has 0 saturated carbocycles. The first kappa shape index (κ1) is 33.9. The summed E-state index contributed by atoms with van der Waals surface area (Å²) >= 11 is 0. The lowest BCUT2D eigenvalue weighted by molar-refractivity contribution is -0.117. The lowest BCUT2D eigenvalue weighted by Crippen LogP contribution is -2.40. The van der Waals surface area contributed by atoms with Crippen molar-refractivity contribution in [2.24, 2.45) is 0 Å². The largest absolute Gasteiger partial charge is 0.369 e. The van der Waals surface area contributed by atoms with Crippen LogP contribution in [0.25, 0.3) is 0 Å². The maximum atomic E-state index is 7.32. The lowest BCUT2D eigenvalue weighted by Gasteiger charge is -2.39. The van der Waals surface area contributed by atoms with Crippen molar-refractivity contribution in [3.8, 4) is 0 Å². The zero-order valence-corrected chi connectivity index (χ0v) is 28.6. The molecule has 0 aromatic heterocycles. The van der Waals surface area contributed by atoms with Crippen LogP contribution in [0.2, 0.25) is 0 Å². The summed E-state index contributed by atoms with van der Waals surface area (Å²) in [6.45, 7) is 0.947. The molecule has 0 heterocycles. The van der Waals surface area contributed by atoms with Crippen molar-refractivity contribution in [1.82, 2.24) is 0 Å². The van der Waals surface area contributed by atoms with Crippen LogP contribution in [-0.4, -0.2) is 19.3 Å². The van der Waals surface area contributed by atoms with Gasteiger partial charge in [0.1, 0.15) is 17.3 Å². The first-order chi connectivity index (χ1) is 25.3. The van der Waals surface area contributed by atoms with E-state index in [2.05, 4.69) is 158 Å². The first-order valence-electron chi connectivity index (χ1n) is 17.6. The predicted molar refractivity (Wildman–Crippen MR) is 205 cm³/mol. The average Bonchev–Trinajstić information content (AvgIpc) is 3.23. The van der Waals surface area contributed by atoms with Crippen molar-refractivity contribution >= 4 is 0 Å². The van der Waals surface area contributed by atoms with Gasteiger partial charge in [-0.2, -0.15) is 0 Å². The van der Waals surface area contributed by atoms with Gasteiger partial charge >= 0.3 is 0 Å². The normalized spacial score (nSPS) is 11.8. The standard InChI is InChI=1S/C48H42O3/c1-8-22-39(23-9-1)36-49-46(37-50-47(40-24-10-2-11-25-40,41-26-12-3-13-27-41)42-28-14-4-15-29-42)38-51-48(43-30-16-5-17-31-43,44-32-18-6-19-33-44)45-34-20-7-21-35-45/h1-35,46H,36-38H2. The zero-order chi connectivity index (χ0) is 34.6. The summed E-state index contributed by atoms with van der Waals surface area (Å²) in [7, 11) is 0. The summed E-state index contributed by atoms with van der Waals surface area (Å²) in [5.41, 5.74) is 5.53. The Labute approximate surface area is 301 Å². The molecule has 0 bridgehead atoms. The highest BCUT2D eigenvalue weighted by Crippen LogP contribution is 2.42. The van der Waals surface area contributed by atoms with Gasteiger partial charge in [0.2, 0.25) is 0 Å². The molecule has 51 heavy (non-hydrogen) atoms. The molecule has 0 atom stereocenters. The SMILES string of the molecule is c1ccc(COC(COC(c2ccccc2)(c2ccccc2)c2ccccc2)COC(c2ccccc2)(c2ccccc2)c2ccccc2)cc1. The van der Waals surface area contributed by atoms with Gasteiger partial charge in [-0.3, -0.25) is 0 Å². The monoisotopic (exact) mass is 666 g/mol. The van der Waals surface area contributed by atoms with Crippen LogP contribution in [0.1, 0.15) is 38.9 Å². The number of hydrogen-bond donors (Lipinski definition) is 0. The maximum absolute atomic E-state index is 7.32. The van der Waals surface area contributed by atoms with Crippen molar-refractivity contribution in [3.05, 3.63) is 251 Å². The van der Waals surface area contributed by atoms with Gasteiger partial charge < -0.3 is 14.2 Å². The van der Waals surface area contributed by atoms with E-state index in [1.807, 2.05) is 54.6 Å². The molecule has 0 aliphatic rings. The van der Waals surface area contributed by atoms with Crippen LogP contribution in [0.15, 0.2) is 212 Å². The Morgan fingerprint density at radius 1 is 0.314 bits per heavy atom. The van der Waals surface area contributed by atoms with Gasteiger partial charge in [-0.15, -0.1) is 0 Å². The number of hydrogen-bond acceptors (Lipinski definition) is 3. The van der Waals surface area contributed by atoms with Crippen LogP contribution in [0.3, 0.4) is 0 Å². The van der Waals surface area contributed by atoms with Crippen LogP contribution in [-0.2, 0) is 32.0 Å². The smallest absolute Gasteiger partial charge is 0.143 e. The highest BCUT2D eigenvalue weighted by molar-refractivity contribution is 5.49. The van der Waals surface area contributed by atoms with Gasteiger partial charge in [0.05, 0.1) is 19.8 Å². The van der Waals surface area contributed by atoms with Crippen molar-refractivity contribution in [1.29, 1.82) is 0 Å². The van der Waals surface area contributed by atoms with E-state index >= 15 is 0 Å². The summed E-state index contributed by atoms with van der Waals surface area (Å²) in [4.78, 5) is 0. The molecule has 7 rings (SSSR count). The Hall–Kier alpha value is -5.58. The average molecular weight is 667 g/mol. The minimum atomic E-state index is -0.895. The third-order valence-corrected chi connectivity index (χ3v) is 9.38. The van der Waals surface area contributed by atoms with Gasteiger partial charge in [0.15, 0.2) is 0 Å². The molecular formula is C48H42O3. The van der Waals surface area contributed by atoms with E-state index in [9.17, 15) is 0 Å². The summed E-state index contributed by atoms with van der Waals surface area (Å²) in [6, 6.07) is 73.0. The maximum Gasteiger partial charge on any atom is 0.143 e. The summed E-state index contributed by atoms with van der Waals surface area (Å²) in [5.74, 6) is 0. The van der Waals surface area contributed by atoms with Crippen molar-refractivity contribution in [2.45, 2.75) is 23.9 Å². The molecule has 0 amide bonds. The van der Waals surface area contributed by atoms with E-state index in [4.69, 9.17) is 14.2 Å². The van der Waals surface area contributed by atoms with Crippen LogP contribution in [0, 0.1) is 0 Å². The Morgan fingerprint density at radius 2 is 0.549 bits per heavy atom. The number of benzene rings is 7. The van der Waals surface area contributed by atoms with Crippen LogP contribution in [0.5, 0.6) is 0 Å². The molecular weight excluding hydrogens is 625 g/mol. The van der Waals surface area contributed by atoms with Gasteiger partial charge in [0.25, 0.3) is 0 Å². The first-order valence-corrected chi connectivity index (χ1v) is 17.6. The minimum absolute atomic E-state index is 0.264. The van der Waals surface area contributed by atoms with Crippen molar-refractivity contribution < 1.29 is 14.2 Å². The highest BCUT2D eigenvalue weighted by atomic mass is 16.6. The van der Waals surface area contributed by atoms with Crippen molar-refractivity contribution in [2.75, 3.05) is 13.2 Å². The van der Waals surface area contributed by atoms with Gasteiger partial charge in [-0.1, -0.05) is 212 Å². The molecule has 3 heteroatoms. The Bertz CT molecular complexity index is 1700. The van der Waals surface area contributed by atoms with Gasteiger partial charge in [0, 0.05) is 0 Å². The topological polar surface area (TPSA) is 27.7 Å². The van der Waals surface area contributed by atoms with E-state index < -0.39 is 17.3 Å². The van der Waals surface area contributed by atoms with E-state index in [1.54, 1.807) is 0 Å². The molecule has 0 radical (unpaired) electrons. The zero-order valence-electron chi connectivity index (χ0n) is 28.6. The molecule has 7 aromatic rings. The van der Waals surface area contributed by atoms with Crippen molar-refractivity contribution in [3.63, 3.8) is 0 Å². The van der Waals surface area contributed by atoms with E-state index in [-0.39, 0.29) is 13.2 Å². The van der Waals surface area contributed by atoms with Crippen LogP contribution >= 0.6 is 0 Å². The van der Waals surface area contributed by atoms with E-state index in [1.165, 1.54) is 0 Å². The molecule has 0 aliphatic heterocycles. The molecule has 7 aromatic carbocycles. The van der Waals surface area contributed by atoms with Crippen LogP contribution in [0.4, 0.5) is 0 Å². The second kappa shape index (κ2) is 16.4. The quantitative estimate of drug-likeness (QED) is 0.102. The fourth-order valence-electron chi connectivity index (χ4n) is 6.91. The van der Waals surface area contributed by atoms with Crippen LogP contribution < -0.4 is 0 Å². The minimum Gasteiger partial charge on any atom is -0.369 e. The lowest BCUT2D eigenvalue weighted by atomic mass is 9.80. The molecule has 3 nitrogen and oxygen atoms in total. The molecule has 0 N–H and O–H groups in total. The molecule has 0 unspecified atom stereocenters. The molecule has 252 valence electrons. The molecule has 0 aliphatic carbocycles. The summed E-state index contributed by atoms with van der Waals surface area (Å²) in [5, 5.41) is 0. The third-order valence-electron chi connectivity index (χ3n) is 9.38. The van der Waals surface area contributed by atoms with E-state index in [0.29, 0.717) is 6.61 Å². The Kier molecular flexibility index (Phi) is 10.9. The fourth-order valence-corrected chi connectivity index (χ4v) is 6.91. The Balaban J connectivity index is 1.30.